The van der Waals surface area contributed by atoms with E-state index in [9.17, 15) is 17.6 Å². The molecule has 1 amide bonds. The third-order valence-corrected chi connectivity index (χ3v) is 7.47. The predicted octanol–water partition coefficient (Wildman–Crippen LogP) is 5.04. The van der Waals surface area contributed by atoms with Gasteiger partial charge in [-0.3, -0.25) is 9.10 Å². The molecular weight excluding hydrogens is 463 g/mol. The van der Waals surface area contributed by atoms with Gasteiger partial charge < -0.3 is 5.32 Å². The molecule has 0 heterocycles. The van der Waals surface area contributed by atoms with Crippen molar-refractivity contribution in [2.75, 3.05) is 17.4 Å². The average Bonchev–Trinajstić information content (AvgIpc) is 2.78. The maximum Gasteiger partial charge on any atom is 0.264 e. The molecule has 0 saturated heterocycles. The van der Waals surface area contributed by atoms with E-state index in [1.54, 1.807) is 49.4 Å². The van der Waals surface area contributed by atoms with Crippen molar-refractivity contribution in [3.8, 4) is 0 Å². The summed E-state index contributed by atoms with van der Waals surface area (Å²) in [7, 11) is -4.00. The first kappa shape index (κ1) is 24.7. The van der Waals surface area contributed by atoms with Crippen LogP contribution in [0.4, 0.5) is 10.1 Å². The molecule has 0 bridgehead atoms. The molecule has 3 aromatic rings. The van der Waals surface area contributed by atoms with E-state index in [-0.39, 0.29) is 17.3 Å². The first-order valence-corrected chi connectivity index (χ1v) is 12.4. The number of halogens is 2. The Hall–Kier alpha value is -2.90. The molecule has 8 heteroatoms. The fourth-order valence-corrected chi connectivity index (χ4v) is 5.01. The van der Waals surface area contributed by atoms with Gasteiger partial charge in [0.15, 0.2) is 0 Å². The fraction of sp³-hybridized carbons (Fsp3) is 0.240. The van der Waals surface area contributed by atoms with Crippen molar-refractivity contribution < 1.29 is 17.6 Å². The number of nitrogens with one attached hydrogen (secondary N) is 1. The van der Waals surface area contributed by atoms with Gasteiger partial charge in [-0.1, -0.05) is 47.5 Å². The SMILES string of the molecule is Cc1ccc(S(=O)(=O)N(CC(=O)NCCCc2ccc(F)cc2)c2cccc(Cl)c2C)cc1. The number of amides is 1. The van der Waals surface area contributed by atoms with Crippen molar-refractivity contribution in [3.63, 3.8) is 0 Å². The number of benzene rings is 3. The largest absolute Gasteiger partial charge is 0.355 e. The lowest BCUT2D eigenvalue weighted by atomic mass is 10.1. The monoisotopic (exact) mass is 488 g/mol. The van der Waals surface area contributed by atoms with Crippen LogP contribution in [0.25, 0.3) is 0 Å². The summed E-state index contributed by atoms with van der Waals surface area (Å²) in [6.45, 7) is 3.57. The van der Waals surface area contributed by atoms with Crippen LogP contribution in [0, 0.1) is 19.7 Å². The molecular formula is C25H26ClFN2O3S. The molecule has 0 saturated carbocycles. The number of aryl methyl sites for hydroxylation is 2. The van der Waals surface area contributed by atoms with Gasteiger partial charge in [0.05, 0.1) is 10.6 Å². The number of hydrogen-bond donors (Lipinski definition) is 1. The highest BCUT2D eigenvalue weighted by molar-refractivity contribution is 7.92. The van der Waals surface area contributed by atoms with Crippen molar-refractivity contribution in [1.82, 2.24) is 5.32 Å². The normalized spacial score (nSPS) is 11.3. The van der Waals surface area contributed by atoms with Gasteiger partial charge in [-0.15, -0.1) is 0 Å². The molecule has 0 aromatic heterocycles. The number of nitrogens with zero attached hydrogens (tertiary/aromatic N) is 1. The molecule has 33 heavy (non-hydrogen) atoms. The summed E-state index contributed by atoms with van der Waals surface area (Å²) in [4.78, 5) is 12.8. The molecule has 0 atom stereocenters. The van der Waals surface area contributed by atoms with E-state index in [4.69, 9.17) is 11.6 Å². The van der Waals surface area contributed by atoms with E-state index in [0.717, 1.165) is 15.4 Å². The van der Waals surface area contributed by atoms with Gasteiger partial charge >= 0.3 is 0 Å². The van der Waals surface area contributed by atoms with E-state index in [1.165, 1.54) is 24.3 Å². The minimum Gasteiger partial charge on any atom is -0.355 e. The Morgan fingerprint density at radius 3 is 2.33 bits per heavy atom. The van der Waals surface area contributed by atoms with E-state index in [0.29, 0.717) is 35.7 Å². The molecule has 0 unspecified atom stereocenters. The first-order valence-electron chi connectivity index (χ1n) is 10.5. The first-order chi connectivity index (χ1) is 15.7. The van der Waals surface area contributed by atoms with Crippen LogP contribution in [0.2, 0.25) is 5.02 Å². The molecule has 5 nitrogen and oxygen atoms in total. The maximum absolute atomic E-state index is 13.5. The Morgan fingerprint density at radius 1 is 1.00 bits per heavy atom. The highest BCUT2D eigenvalue weighted by Gasteiger charge is 2.28. The molecule has 3 rings (SSSR count). The minimum atomic E-state index is -4.00. The zero-order valence-electron chi connectivity index (χ0n) is 18.5. The van der Waals surface area contributed by atoms with Crippen molar-refractivity contribution in [2.45, 2.75) is 31.6 Å². The lowest BCUT2D eigenvalue weighted by Gasteiger charge is -2.26. The molecule has 0 radical (unpaired) electrons. The van der Waals surface area contributed by atoms with Crippen molar-refractivity contribution >= 4 is 33.2 Å². The molecule has 0 spiro atoms. The van der Waals surface area contributed by atoms with Gasteiger partial charge in [-0.05, 0) is 74.2 Å². The smallest absolute Gasteiger partial charge is 0.264 e. The molecule has 1 N–H and O–H groups in total. The average molecular weight is 489 g/mol. The molecule has 0 fully saturated rings. The summed E-state index contributed by atoms with van der Waals surface area (Å²) < 4.78 is 41.0. The van der Waals surface area contributed by atoms with Crippen molar-refractivity contribution in [3.05, 3.63) is 94.3 Å². The third-order valence-electron chi connectivity index (χ3n) is 5.28. The standard InChI is InChI=1S/C25H26ClFN2O3S/c1-18-8-14-22(15-9-18)33(31,32)29(24-7-3-6-23(26)19(24)2)17-25(30)28-16-4-5-20-10-12-21(27)13-11-20/h3,6-15H,4-5,16-17H2,1-2H3,(H,28,30). The van der Waals surface area contributed by atoms with Crippen LogP contribution in [0.5, 0.6) is 0 Å². The molecule has 3 aromatic carbocycles. The second-order valence-corrected chi connectivity index (χ2v) is 10.1. The number of rotatable bonds is 9. The van der Waals surface area contributed by atoms with E-state index in [1.807, 2.05) is 6.92 Å². The topological polar surface area (TPSA) is 66.5 Å². The number of carbonyl (C=O) groups is 1. The van der Waals surface area contributed by atoms with Gasteiger partial charge in [0.1, 0.15) is 12.4 Å². The Kier molecular flexibility index (Phi) is 8.10. The van der Waals surface area contributed by atoms with Crippen LogP contribution in [-0.4, -0.2) is 27.4 Å². The summed E-state index contributed by atoms with van der Waals surface area (Å²) in [5.74, 6) is -0.720. The Balaban J connectivity index is 1.75. The number of sulfonamides is 1. The van der Waals surface area contributed by atoms with E-state index < -0.39 is 15.9 Å². The summed E-state index contributed by atoms with van der Waals surface area (Å²) in [6.07, 6.45) is 1.30. The highest BCUT2D eigenvalue weighted by atomic mass is 35.5. The zero-order valence-corrected chi connectivity index (χ0v) is 20.1. The number of hydrogen-bond acceptors (Lipinski definition) is 3. The van der Waals surface area contributed by atoms with Crippen molar-refractivity contribution in [1.29, 1.82) is 0 Å². The van der Waals surface area contributed by atoms with Gasteiger partial charge in [0.2, 0.25) is 5.91 Å². The zero-order chi connectivity index (χ0) is 24.0. The molecule has 174 valence electrons. The van der Waals surface area contributed by atoms with Crippen LogP contribution in [0.3, 0.4) is 0 Å². The van der Waals surface area contributed by atoms with E-state index in [2.05, 4.69) is 5.32 Å². The summed E-state index contributed by atoms with van der Waals surface area (Å²) in [5.41, 5.74) is 2.81. The van der Waals surface area contributed by atoms with Crippen LogP contribution in [0.15, 0.2) is 71.6 Å². The number of carbonyl (C=O) groups excluding carboxylic acids is 1. The van der Waals surface area contributed by atoms with Gasteiger partial charge in [0, 0.05) is 11.6 Å². The minimum absolute atomic E-state index is 0.0941. The van der Waals surface area contributed by atoms with Gasteiger partial charge in [-0.2, -0.15) is 0 Å². The van der Waals surface area contributed by atoms with Crippen LogP contribution >= 0.6 is 11.6 Å². The van der Waals surface area contributed by atoms with Gasteiger partial charge in [-0.25, -0.2) is 12.8 Å². The lowest BCUT2D eigenvalue weighted by molar-refractivity contribution is -0.119. The van der Waals surface area contributed by atoms with Crippen molar-refractivity contribution in [2.24, 2.45) is 0 Å². The fourth-order valence-electron chi connectivity index (χ4n) is 3.36. The van der Waals surface area contributed by atoms with Gasteiger partial charge in [0.25, 0.3) is 10.0 Å². The summed E-state index contributed by atoms with van der Waals surface area (Å²) in [6, 6.07) is 17.6. The Labute approximate surface area is 199 Å². The van der Waals surface area contributed by atoms with Crippen LogP contribution in [-0.2, 0) is 21.2 Å². The third kappa shape index (κ3) is 6.33. The van der Waals surface area contributed by atoms with Crippen LogP contribution in [0.1, 0.15) is 23.1 Å². The molecule has 0 aliphatic rings. The summed E-state index contributed by atoms with van der Waals surface area (Å²) in [5, 5.41) is 3.19. The Bertz CT molecular complexity index is 1210. The van der Waals surface area contributed by atoms with E-state index >= 15 is 0 Å². The molecule has 0 aliphatic carbocycles. The maximum atomic E-state index is 13.5. The Morgan fingerprint density at radius 2 is 1.67 bits per heavy atom. The second-order valence-electron chi connectivity index (χ2n) is 7.79. The second kappa shape index (κ2) is 10.8. The highest BCUT2D eigenvalue weighted by Crippen LogP contribution is 2.30. The molecule has 0 aliphatic heterocycles. The quantitative estimate of drug-likeness (QED) is 0.429. The summed E-state index contributed by atoms with van der Waals surface area (Å²) >= 11 is 6.24. The van der Waals surface area contributed by atoms with Crippen LogP contribution < -0.4 is 9.62 Å². The number of anilines is 1. The lowest BCUT2D eigenvalue weighted by Crippen LogP contribution is -2.41. The predicted molar refractivity (Wildman–Crippen MR) is 130 cm³/mol.